The zero-order chi connectivity index (χ0) is 16.4. The second-order valence-corrected chi connectivity index (χ2v) is 6.48. The van der Waals surface area contributed by atoms with Gasteiger partial charge in [-0.1, -0.05) is 23.7 Å². The maximum atomic E-state index is 14.2. The highest BCUT2D eigenvalue weighted by Gasteiger charge is 2.15. The number of thiazole rings is 1. The Labute approximate surface area is 142 Å². The molecule has 0 unspecified atom stereocenters. The van der Waals surface area contributed by atoms with Gasteiger partial charge < -0.3 is 10.1 Å². The molecule has 0 bridgehead atoms. The predicted molar refractivity (Wildman–Crippen MR) is 93.5 cm³/mol. The number of nitrogens with one attached hydrogen (secondary N) is 1. The van der Waals surface area contributed by atoms with Crippen molar-refractivity contribution in [3.05, 3.63) is 58.2 Å². The summed E-state index contributed by atoms with van der Waals surface area (Å²) in [5.41, 5.74) is 1.83. The number of methoxy groups -OCH3 is 1. The van der Waals surface area contributed by atoms with Crippen LogP contribution < -0.4 is 10.1 Å². The van der Waals surface area contributed by atoms with E-state index in [0.717, 1.165) is 10.6 Å². The lowest BCUT2D eigenvalue weighted by molar-refractivity contribution is 0.411. The highest BCUT2D eigenvalue weighted by atomic mass is 35.5. The molecule has 0 aliphatic heterocycles. The first kappa shape index (κ1) is 15.8. The van der Waals surface area contributed by atoms with E-state index >= 15 is 0 Å². The third-order valence-electron chi connectivity index (χ3n) is 3.34. The molecule has 1 aromatic heterocycles. The lowest BCUT2D eigenvalue weighted by Crippen LogP contribution is -1.92. The van der Waals surface area contributed by atoms with Crippen molar-refractivity contribution in [3.8, 4) is 17.0 Å². The third kappa shape index (κ3) is 3.30. The maximum absolute atomic E-state index is 14.2. The molecule has 0 fully saturated rings. The van der Waals surface area contributed by atoms with E-state index in [4.69, 9.17) is 16.3 Å². The van der Waals surface area contributed by atoms with Crippen molar-refractivity contribution >= 4 is 33.8 Å². The van der Waals surface area contributed by atoms with Gasteiger partial charge in [-0.05, 0) is 31.2 Å². The summed E-state index contributed by atoms with van der Waals surface area (Å²) >= 11 is 7.59. The van der Waals surface area contributed by atoms with Crippen LogP contribution in [-0.2, 0) is 0 Å². The maximum Gasteiger partial charge on any atom is 0.188 e. The molecule has 118 valence electrons. The highest BCUT2D eigenvalue weighted by molar-refractivity contribution is 7.16. The minimum atomic E-state index is -0.359. The van der Waals surface area contributed by atoms with Crippen molar-refractivity contribution in [1.82, 2.24) is 4.98 Å². The van der Waals surface area contributed by atoms with Gasteiger partial charge in [0.25, 0.3) is 0 Å². The molecule has 1 heterocycles. The second kappa shape index (κ2) is 6.56. The largest absolute Gasteiger partial charge is 0.497 e. The van der Waals surface area contributed by atoms with Gasteiger partial charge in [-0.3, -0.25) is 0 Å². The fraction of sp³-hybridized carbons (Fsp3) is 0.118. The number of aryl methyl sites for hydroxylation is 1. The van der Waals surface area contributed by atoms with E-state index in [2.05, 4.69) is 10.3 Å². The number of benzene rings is 2. The molecule has 0 amide bonds. The first-order chi connectivity index (χ1) is 11.1. The molecule has 3 nitrogen and oxygen atoms in total. The van der Waals surface area contributed by atoms with Gasteiger partial charge in [0.15, 0.2) is 5.13 Å². The quantitative estimate of drug-likeness (QED) is 0.660. The number of rotatable bonds is 4. The van der Waals surface area contributed by atoms with E-state index in [1.807, 2.05) is 25.1 Å². The van der Waals surface area contributed by atoms with Crippen molar-refractivity contribution in [3.63, 3.8) is 0 Å². The molecule has 1 N–H and O–H groups in total. The zero-order valence-electron chi connectivity index (χ0n) is 12.6. The van der Waals surface area contributed by atoms with E-state index in [1.165, 1.54) is 24.5 Å². The first-order valence-electron chi connectivity index (χ1n) is 6.91. The number of ether oxygens (including phenoxy) is 1. The first-order valence-corrected chi connectivity index (χ1v) is 8.11. The average Bonchev–Trinajstić information content (AvgIpc) is 2.90. The van der Waals surface area contributed by atoms with E-state index in [-0.39, 0.29) is 5.82 Å². The van der Waals surface area contributed by atoms with Crippen LogP contribution in [0.1, 0.15) is 4.88 Å². The van der Waals surface area contributed by atoms with E-state index in [1.54, 1.807) is 18.2 Å². The van der Waals surface area contributed by atoms with Crippen molar-refractivity contribution in [2.75, 3.05) is 12.4 Å². The second-order valence-electron chi connectivity index (χ2n) is 4.87. The molecule has 3 rings (SSSR count). The summed E-state index contributed by atoms with van der Waals surface area (Å²) in [6.45, 7) is 1.91. The summed E-state index contributed by atoms with van der Waals surface area (Å²) in [6.07, 6.45) is 0. The standard InChI is InChI=1S/C17H14ClFN2OS/c1-10-16(12-8-7-11(22-2)9-14(12)19)21-17(23-10)20-15-6-4-3-5-13(15)18/h3-9H,1-2H3,(H,20,21). The summed E-state index contributed by atoms with van der Waals surface area (Å²) in [7, 11) is 1.51. The number of halogens is 2. The lowest BCUT2D eigenvalue weighted by Gasteiger charge is -2.05. The van der Waals surface area contributed by atoms with Gasteiger partial charge in [0.2, 0.25) is 0 Å². The van der Waals surface area contributed by atoms with Crippen LogP contribution >= 0.6 is 22.9 Å². The van der Waals surface area contributed by atoms with Gasteiger partial charge in [0.05, 0.1) is 23.5 Å². The van der Waals surface area contributed by atoms with Crippen LogP contribution in [-0.4, -0.2) is 12.1 Å². The van der Waals surface area contributed by atoms with Crippen LogP contribution in [0.5, 0.6) is 5.75 Å². The molecule has 0 aliphatic carbocycles. The number of hydrogen-bond donors (Lipinski definition) is 1. The number of nitrogens with zero attached hydrogens (tertiary/aromatic N) is 1. The lowest BCUT2D eigenvalue weighted by atomic mass is 10.1. The zero-order valence-corrected chi connectivity index (χ0v) is 14.1. The fourth-order valence-corrected chi connectivity index (χ4v) is 3.22. The number of hydrogen-bond acceptors (Lipinski definition) is 4. The SMILES string of the molecule is COc1ccc(-c2nc(Nc3ccccc3Cl)sc2C)c(F)c1. The van der Waals surface area contributed by atoms with Gasteiger partial charge in [-0.15, -0.1) is 11.3 Å². The summed E-state index contributed by atoms with van der Waals surface area (Å²) < 4.78 is 19.3. The summed E-state index contributed by atoms with van der Waals surface area (Å²) in [5, 5.41) is 4.45. The Balaban J connectivity index is 1.94. The minimum Gasteiger partial charge on any atom is -0.497 e. The van der Waals surface area contributed by atoms with Crippen LogP contribution in [0.4, 0.5) is 15.2 Å². The third-order valence-corrected chi connectivity index (χ3v) is 4.56. The molecule has 3 aromatic rings. The molecular formula is C17H14ClFN2OS. The van der Waals surface area contributed by atoms with E-state index < -0.39 is 0 Å². The van der Waals surface area contributed by atoms with Gasteiger partial charge in [-0.25, -0.2) is 9.37 Å². The Morgan fingerprint density at radius 1 is 1.22 bits per heavy atom. The van der Waals surface area contributed by atoms with Gasteiger partial charge >= 0.3 is 0 Å². The Kier molecular flexibility index (Phi) is 4.50. The average molecular weight is 349 g/mol. The Morgan fingerprint density at radius 3 is 2.70 bits per heavy atom. The normalized spacial score (nSPS) is 10.6. The minimum absolute atomic E-state index is 0.359. The van der Waals surface area contributed by atoms with Crippen LogP contribution in [0.15, 0.2) is 42.5 Å². The highest BCUT2D eigenvalue weighted by Crippen LogP contribution is 2.35. The molecule has 0 aliphatic rings. The number of para-hydroxylation sites is 1. The van der Waals surface area contributed by atoms with Crippen molar-refractivity contribution in [2.24, 2.45) is 0 Å². The summed E-state index contributed by atoms with van der Waals surface area (Å²) in [4.78, 5) is 5.42. The molecule has 0 saturated carbocycles. The van der Waals surface area contributed by atoms with E-state index in [9.17, 15) is 4.39 Å². The molecule has 23 heavy (non-hydrogen) atoms. The number of aromatic nitrogens is 1. The van der Waals surface area contributed by atoms with Gasteiger partial charge in [0, 0.05) is 16.5 Å². The molecule has 2 aromatic carbocycles. The van der Waals surface area contributed by atoms with Crippen LogP contribution in [0.2, 0.25) is 5.02 Å². The molecule has 0 atom stereocenters. The Hall–Kier alpha value is -2.11. The van der Waals surface area contributed by atoms with Crippen molar-refractivity contribution in [1.29, 1.82) is 0 Å². The molecule has 0 radical (unpaired) electrons. The Bertz CT molecular complexity index is 850. The van der Waals surface area contributed by atoms with Crippen molar-refractivity contribution in [2.45, 2.75) is 6.92 Å². The number of anilines is 2. The van der Waals surface area contributed by atoms with Gasteiger partial charge in [0.1, 0.15) is 11.6 Å². The van der Waals surface area contributed by atoms with E-state index in [0.29, 0.717) is 27.2 Å². The monoisotopic (exact) mass is 348 g/mol. The predicted octanol–water partition coefficient (Wildman–Crippen LogP) is 5.66. The van der Waals surface area contributed by atoms with Crippen LogP contribution in [0.3, 0.4) is 0 Å². The van der Waals surface area contributed by atoms with Crippen LogP contribution in [0.25, 0.3) is 11.3 Å². The molecule has 0 saturated heterocycles. The molecule has 0 spiro atoms. The topological polar surface area (TPSA) is 34.1 Å². The smallest absolute Gasteiger partial charge is 0.188 e. The Morgan fingerprint density at radius 2 is 2.00 bits per heavy atom. The molecule has 6 heteroatoms. The van der Waals surface area contributed by atoms with Gasteiger partial charge in [-0.2, -0.15) is 0 Å². The van der Waals surface area contributed by atoms with Crippen molar-refractivity contribution < 1.29 is 9.13 Å². The summed E-state index contributed by atoms with van der Waals surface area (Å²) in [6, 6.07) is 12.2. The van der Waals surface area contributed by atoms with Crippen LogP contribution in [0, 0.1) is 12.7 Å². The molecular weight excluding hydrogens is 335 g/mol. The summed E-state index contributed by atoms with van der Waals surface area (Å²) in [5.74, 6) is 0.121. The fourth-order valence-electron chi connectivity index (χ4n) is 2.19.